The Morgan fingerprint density at radius 1 is 0.917 bits per heavy atom. The summed E-state index contributed by atoms with van der Waals surface area (Å²) >= 11 is 0. The third-order valence-corrected chi connectivity index (χ3v) is 4.46. The lowest BCUT2D eigenvalue weighted by atomic mass is 9.96. The van der Waals surface area contributed by atoms with Crippen LogP contribution in [-0.2, 0) is 14.3 Å². The molecule has 0 aromatic heterocycles. The smallest absolute Gasteiger partial charge is 0.410 e. The van der Waals surface area contributed by atoms with Crippen LogP contribution in [0.3, 0.4) is 0 Å². The zero-order valence-corrected chi connectivity index (χ0v) is 15.2. The Morgan fingerprint density at radius 3 is 2.04 bits per heavy atom. The first-order chi connectivity index (χ1) is 11.2. The van der Waals surface area contributed by atoms with E-state index in [1.165, 1.54) is 0 Å². The average Bonchev–Trinajstić information content (AvgIpc) is 2.53. The second-order valence-corrected chi connectivity index (χ2v) is 7.60. The molecule has 7 heteroatoms. The van der Waals surface area contributed by atoms with Crippen LogP contribution in [0.1, 0.15) is 40.5 Å². The lowest BCUT2D eigenvalue weighted by molar-refractivity contribution is -0.141. The van der Waals surface area contributed by atoms with Crippen LogP contribution in [0, 0.1) is 5.92 Å². The summed E-state index contributed by atoms with van der Waals surface area (Å²) < 4.78 is 5.37. The van der Waals surface area contributed by atoms with Crippen molar-refractivity contribution in [2.24, 2.45) is 5.92 Å². The Morgan fingerprint density at radius 2 is 1.50 bits per heavy atom. The zero-order chi connectivity index (χ0) is 17.9. The van der Waals surface area contributed by atoms with Crippen LogP contribution in [0.25, 0.3) is 0 Å². The molecular formula is C17H29N3O4. The van der Waals surface area contributed by atoms with Crippen molar-refractivity contribution in [3.05, 3.63) is 0 Å². The van der Waals surface area contributed by atoms with Crippen LogP contribution >= 0.6 is 0 Å². The van der Waals surface area contributed by atoms with Crippen molar-refractivity contribution in [3.8, 4) is 0 Å². The van der Waals surface area contributed by atoms with E-state index in [1.54, 1.807) is 16.7 Å². The summed E-state index contributed by atoms with van der Waals surface area (Å²) in [6, 6.07) is 0. The fourth-order valence-corrected chi connectivity index (χ4v) is 3.16. The predicted molar refractivity (Wildman–Crippen MR) is 89.4 cm³/mol. The zero-order valence-electron chi connectivity index (χ0n) is 15.2. The lowest BCUT2D eigenvalue weighted by Crippen LogP contribution is -2.54. The molecule has 2 fully saturated rings. The molecule has 136 valence electrons. The highest BCUT2D eigenvalue weighted by atomic mass is 16.6. The lowest BCUT2D eigenvalue weighted by Gasteiger charge is -2.39. The second-order valence-electron chi connectivity index (χ2n) is 7.60. The van der Waals surface area contributed by atoms with E-state index in [0.29, 0.717) is 32.7 Å². The fraction of sp³-hybridized carbons (Fsp3) is 0.824. The maximum absolute atomic E-state index is 12.7. The molecule has 3 amide bonds. The number of rotatable bonds is 1. The van der Waals surface area contributed by atoms with E-state index in [-0.39, 0.29) is 23.8 Å². The molecule has 1 unspecified atom stereocenters. The number of carbonyl (C=O) groups is 3. The van der Waals surface area contributed by atoms with Gasteiger partial charge < -0.3 is 19.4 Å². The highest BCUT2D eigenvalue weighted by molar-refractivity contribution is 5.81. The maximum atomic E-state index is 12.7. The highest BCUT2D eigenvalue weighted by Gasteiger charge is 2.33. The van der Waals surface area contributed by atoms with Gasteiger partial charge in [0.1, 0.15) is 5.60 Å². The SMILES string of the molecule is CC(=O)N1CCCC(C(=O)N2CCN(C(=O)OC(C)(C)C)CC2)C1. The van der Waals surface area contributed by atoms with Crippen molar-refractivity contribution in [1.29, 1.82) is 0 Å². The second kappa shape index (κ2) is 7.40. The van der Waals surface area contributed by atoms with E-state index < -0.39 is 5.60 Å². The number of hydrogen-bond acceptors (Lipinski definition) is 4. The van der Waals surface area contributed by atoms with Crippen molar-refractivity contribution >= 4 is 17.9 Å². The Kier molecular flexibility index (Phi) is 5.72. The van der Waals surface area contributed by atoms with E-state index >= 15 is 0 Å². The van der Waals surface area contributed by atoms with Gasteiger partial charge in [0.2, 0.25) is 11.8 Å². The van der Waals surface area contributed by atoms with Crippen LogP contribution < -0.4 is 0 Å². The van der Waals surface area contributed by atoms with Crippen molar-refractivity contribution in [2.75, 3.05) is 39.3 Å². The number of ether oxygens (including phenoxy) is 1. The van der Waals surface area contributed by atoms with Gasteiger partial charge in [-0.05, 0) is 33.6 Å². The standard InChI is InChI=1S/C17H29N3O4/c1-13(21)20-7-5-6-14(12-20)15(22)18-8-10-19(11-9-18)16(23)24-17(2,3)4/h14H,5-12H2,1-4H3. The maximum Gasteiger partial charge on any atom is 0.410 e. The van der Waals surface area contributed by atoms with Gasteiger partial charge in [0.25, 0.3) is 0 Å². The normalized spacial score (nSPS) is 22.3. The largest absolute Gasteiger partial charge is 0.444 e. The molecule has 0 aromatic rings. The van der Waals surface area contributed by atoms with Crippen LogP contribution in [-0.4, -0.2) is 77.5 Å². The van der Waals surface area contributed by atoms with Crippen molar-refractivity contribution in [3.63, 3.8) is 0 Å². The minimum Gasteiger partial charge on any atom is -0.444 e. The summed E-state index contributed by atoms with van der Waals surface area (Å²) in [5.41, 5.74) is -0.512. The summed E-state index contributed by atoms with van der Waals surface area (Å²) in [5.74, 6) is 0.0164. The fourth-order valence-electron chi connectivity index (χ4n) is 3.16. The van der Waals surface area contributed by atoms with Gasteiger partial charge >= 0.3 is 6.09 Å². The van der Waals surface area contributed by atoms with Crippen molar-refractivity contribution in [1.82, 2.24) is 14.7 Å². The summed E-state index contributed by atoms with van der Waals surface area (Å²) in [6.45, 7) is 10.4. The quantitative estimate of drug-likeness (QED) is 0.722. The van der Waals surface area contributed by atoms with E-state index in [4.69, 9.17) is 4.74 Å². The van der Waals surface area contributed by atoms with Gasteiger partial charge in [0.05, 0.1) is 5.92 Å². The molecule has 2 aliphatic heterocycles. The van der Waals surface area contributed by atoms with Crippen LogP contribution in [0.5, 0.6) is 0 Å². The first-order valence-electron chi connectivity index (χ1n) is 8.69. The molecular weight excluding hydrogens is 310 g/mol. The number of piperazine rings is 1. The van der Waals surface area contributed by atoms with E-state index in [1.807, 2.05) is 25.7 Å². The summed E-state index contributed by atoms with van der Waals surface area (Å²) in [4.78, 5) is 41.5. The van der Waals surface area contributed by atoms with Gasteiger partial charge in [-0.25, -0.2) is 4.79 Å². The molecule has 2 rings (SSSR count). The van der Waals surface area contributed by atoms with Gasteiger partial charge in [-0.15, -0.1) is 0 Å². The highest BCUT2D eigenvalue weighted by Crippen LogP contribution is 2.20. The third kappa shape index (κ3) is 4.85. The van der Waals surface area contributed by atoms with E-state index in [0.717, 1.165) is 19.4 Å². The number of nitrogens with zero attached hydrogens (tertiary/aromatic N) is 3. The molecule has 7 nitrogen and oxygen atoms in total. The predicted octanol–water partition coefficient (Wildman–Crippen LogP) is 1.32. The van der Waals surface area contributed by atoms with Gasteiger partial charge in [0.15, 0.2) is 0 Å². The average molecular weight is 339 g/mol. The van der Waals surface area contributed by atoms with E-state index in [9.17, 15) is 14.4 Å². The van der Waals surface area contributed by atoms with Crippen LogP contribution in [0.15, 0.2) is 0 Å². The first-order valence-corrected chi connectivity index (χ1v) is 8.69. The molecule has 2 saturated heterocycles. The summed E-state index contributed by atoms with van der Waals surface area (Å²) in [7, 11) is 0. The molecule has 2 aliphatic rings. The van der Waals surface area contributed by atoms with Crippen LogP contribution in [0.4, 0.5) is 4.79 Å². The number of likely N-dealkylation sites (tertiary alicyclic amines) is 1. The number of amides is 3. The van der Waals surface area contributed by atoms with Crippen LogP contribution in [0.2, 0.25) is 0 Å². The molecule has 0 saturated carbocycles. The van der Waals surface area contributed by atoms with Gasteiger partial charge in [0, 0.05) is 46.2 Å². The molecule has 2 heterocycles. The Hall–Kier alpha value is -1.79. The topological polar surface area (TPSA) is 70.2 Å². The molecule has 0 aromatic carbocycles. The first kappa shape index (κ1) is 18.5. The van der Waals surface area contributed by atoms with Gasteiger partial charge in [-0.3, -0.25) is 9.59 Å². The van der Waals surface area contributed by atoms with Gasteiger partial charge in [-0.1, -0.05) is 0 Å². The molecule has 1 atom stereocenters. The Balaban J connectivity index is 1.84. The minimum atomic E-state index is -0.512. The minimum absolute atomic E-state index is 0.0299. The van der Waals surface area contributed by atoms with Crippen molar-refractivity contribution < 1.29 is 19.1 Å². The number of piperidine rings is 1. The van der Waals surface area contributed by atoms with Gasteiger partial charge in [-0.2, -0.15) is 0 Å². The number of carbonyl (C=O) groups excluding carboxylic acids is 3. The molecule has 24 heavy (non-hydrogen) atoms. The molecule has 0 spiro atoms. The summed E-state index contributed by atoms with van der Waals surface area (Å²) in [5, 5.41) is 0. The van der Waals surface area contributed by atoms with Crippen molar-refractivity contribution in [2.45, 2.75) is 46.1 Å². The Bertz CT molecular complexity index is 493. The molecule has 0 aliphatic carbocycles. The number of hydrogen-bond donors (Lipinski definition) is 0. The monoisotopic (exact) mass is 339 g/mol. The molecule has 0 bridgehead atoms. The Labute approximate surface area is 143 Å². The molecule has 0 radical (unpaired) electrons. The summed E-state index contributed by atoms with van der Waals surface area (Å²) in [6.07, 6.45) is 1.37. The van der Waals surface area contributed by atoms with E-state index in [2.05, 4.69) is 0 Å². The molecule has 0 N–H and O–H groups in total. The third-order valence-electron chi connectivity index (χ3n) is 4.46.